The summed E-state index contributed by atoms with van der Waals surface area (Å²) in [7, 11) is 0. The molecular formula is C11H14FNO. The van der Waals surface area contributed by atoms with E-state index < -0.39 is 5.67 Å². The molecule has 2 nitrogen and oxygen atoms in total. The maximum absolute atomic E-state index is 13.8. The van der Waals surface area contributed by atoms with Gasteiger partial charge in [-0.2, -0.15) is 0 Å². The number of hydrogen-bond acceptors (Lipinski definition) is 2. The average Bonchev–Trinajstić information content (AvgIpc) is 2.24. The van der Waals surface area contributed by atoms with E-state index in [-0.39, 0.29) is 12.2 Å². The molecule has 0 aromatic heterocycles. The zero-order valence-electron chi connectivity index (χ0n) is 8.18. The number of halogens is 1. The molecule has 0 fully saturated rings. The standard InChI is InChI=1S/C11H14FNO/c1-11(12)5-6-13-9-3-2-4-10(14)8(9)7-11/h2-4,13-14H,5-7H2,1H3. The van der Waals surface area contributed by atoms with Crippen molar-refractivity contribution in [1.29, 1.82) is 0 Å². The maximum Gasteiger partial charge on any atom is 0.120 e. The zero-order valence-corrected chi connectivity index (χ0v) is 8.18. The third-order valence-corrected chi connectivity index (χ3v) is 2.66. The normalized spacial score (nSPS) is 26.1. The van der Waals surface area contributed by atoms with Crippen LogP contribution < -0.4 is 5.32 Å². The molecule has 1 aliphatic rings. The molecular weight excluding hydrogens is 181 g/mol. The van der Waals surface area contributed by atoms with Crippen molar-refractivity contribution < 1.29 is 9.50 Å². The topological polar surface area (TPSA) is 32.3 Å². The SMILES string of the molecule is CC1(F)CCNc2cccc(O)c2C1. The lowest BCUT2D eigenvalue weighted by molar-refractivity contribution is 0.182. The first-order valence-electron chi connectivity index (χ1n) is 4.82. The lowest BCUT2D eigenvalue weighted by Crippen LogP contribution is -2.21. The highest BCUT2D eigenvalue weighted by molar-refractivity contribution is 5.58. The van der Waals surface area contributed by atoms with Crippen molar-refractivity contribution in [2.24, 2.45) is 0 Å². The number of phenols is 1. The van der Waals surface area contributed by atoms with Crippen molar-refractivity contribution in [3.63, 3.8) is 0 Å². The van der Waals surface area contributed by atoms with Crippen LogP contribution in [0.1, 0.15) is 18.9 Å². The Kier molecular flexibility index (Phi) is 2.10. The Labute approximate surface area is 82.8 Å². The molecule has 1 atom stereocenters. The summed E-state index contributed by atoms with van der Waals surface area (Å²) in [6.07, 6.45) is 0.753. The van der Waals surface area contributed by atoms with Crippen LogP contribution in [-0.2, 0) is 6.42 Å². The van der Waals surface area contributed by atoms with Crippen molar-refractivity contribution in [2.75, 3.05) is 11.9 Å². The van der Waals surface area contributed by atoms with E-state index in [1.54, 1.807) is 19.1 Å². The molecule has 1 unspecified atom stereocenters. The van der Waals surface area contributed by atoms with Crippen LogP contribution in [0.25, 0.3) is 0 Å². The van der Waals surface area contributed by atoms with Gasteiger partial charge in [0.1, 0.15) is 11.4 Å². The van der Waals surface area contributed by atoms with Crippen molar-refractivity contribution in [3.8, 4) is 5.75 Å². The minimum Gasteiger partial charge on any atom is -0.508 e. The predicted molar refractivity (Wildman–Crippen MR) is 54.4 cm³/mol. The smallest absolute Gasteiger partial charge is 0.120 e. The Morgan fingerprint density at radius 2 is 2.29 bits per heavy atom. The second-order valence-electron chi connectivity index (χ2n) is 4.07. The summed E-state index contributed by atoms with van der Waals surface area (Å²) in [5.74, 6) is 0.181. The zero-order chi connectivity index (χ0) is 10.2. The molecule has 0 saturated heterocycles. The first-order chi connectivity index (χ1) is 6.58. The molecule has 0 saturated carbocycles. The minimum atomic E-state index is -1.23. The largest absolute Gasteiger partial charge is 0.508 e. The number of hydrogen-bond donors (Lipinski definition) is 2. The minimum absolute atomic E-state index is 0.181. The van der Waals surface area contributed by atoms with Gasteiger partial charge in [-0.1, -0.05) is 6.07 Å². The highest BCUT2D eigenvalue weighted by Gasteiger charge is 2.28. The Bertz CT molecular complexity index is 349. The fraction of sp³-hybridized carbons (Fsp3) is 0.455. The predicted octanol–water partition coefficient (Wildman–Crippen LogP) is 2.48. The fourth-order valence-electron chi connectivity index (χ4n) is 1.84. The van der Waals surface area contributed by atoms with Crippen LogP contribution in [0.5, 0.6) is 5.75 Å². The Hall–Kier alpha value is -1.25. The first-order valence-corrected chi connectivity index (χ1v) is 4.82. The quantitative estimate of drug-likeness (QED) is 0.666. The van der Waals surface area contributed by atoms with Gasteiger partial charge in [0.2, 0.25) is 0 Å². The van der Waals surface area contributed by atoms with E-state index in [1.165, 1.54) is 0 Å². The molecule has 0 amide bonds. The van der Waals surface area contributed by atoms with Gasteiger partial charge >= 0.3 is 0 Å². The number of alkyl halides is 1. The van der Waals surface area contributed by atoms with Crippen molar-refractivity contribution in [1.82, 2.24) is 0 Å². The number of phenolic OH excluding ortho intramolecular Hbond substituents is 1. The summed E-state index contributed by atoms with van der Waals surface area (Å²) < 4.78 is 13.8. The number of nitrogens with one attached hydrogen (secondary N) is 1. The summed E-state index contributed by atoms with van der Waals surface area (Å²) in [6.45, 7) is 2.19. The third-order valence-electron chi connectivity index (χ3n) is 2.66. The second-order valence-corrected chi connectivity index (χ2v) is 4.07. The molecule has 3 heteroatoms. The summed E-state index contributed by atoms with van der Waals surface area (Å²) in [5, 5.41) is 12.7. The molecule has 1 aromatic rings. The average molecular weight is 195 g/mol. The molecule has 2 rings (SSSR count). The summed E-state index contributed by atoms with van der Waals surface area (Å²) >= 11 is 0. The van der Waals surface area contributed by atoms with Crippen LogP contribution in [0.15, 0.2) is 18.2 Å². The lowest BCUT2D eigenvalue weighted by Gasteiger charge is -2.17. The highest BCUT2D eigenvalue weighted by atomic mass is 19.1. The van der Waals surface area contributed by atoms with E-state index in [0.29, 0.717) is 18.5 Å². The lowest BCUT2D eigenvalue weighted by atomic mass is 9.95. The molecule has 76 valence electrons. The third kappa shape index (κ3) is 1.67. The number of benzene rings is 1. The van der Waals surface area contributed by atoms with Crippen LogP contribution in [0.3, 0.4) is 0 Å². The number of anilines is 1. The van der Waals surface area contributed by atoms with Gasteiger partial charge in [-0.25, -0.2) is 4.39 Å². The Morgan fingerprint density at radius 1 is 1.50 bits per heavy atom. The maximum atomic E-state index is 13.8. The molecule has 1 heterocycles. The molecule has 1 aromatic carbocycles. The number of rotatable bonds is 0. The van der Waals surface area contributed by atoms with E-state index in [2.05, 4.69) is 5.32 Å². The van der Waals surface area contributed by atoms with Crippen molar-refractivity contribution >= 4 is 5.69 Å². The van der Waals surface area contributed by atoms with E-state index in [1.807, 2.05) is 6.07 Å². The van der Waals surface area contributed by atoms with Gasteiger partial charge in [-0.05, 0) is 25.5 Å². The second kappa shape index (κ2) is 3.15. The van der Waals surface area contributed by atoms with Crippen LogP contribution in [0.4, 0.5) is 10.1 Å². The van der Waals surface area contributed by atoms with Gasteiger partial charge in [0, 0.05) is 24.2 Å². The molecule has 0 spiro atoms. The molecule has 0 aliphatic carbocycles. The van der Waals surface area contributed by atoms with Crippen LogP contribution >= 0.6 is 0 Å². The van der Waals surface area contributed by atoms with Crippen LogP contribution in [0, 0.1) is 0 Å². The van der Waals surface area contributed by atoms with Gasteiger partial charge in [0.15, 0.2) is 0 Å². The van der Waals surface area contributed by atoms with E-state index in [4.69, 9.17) is 0 Å². The molecule has 2 N–H and O–H groups in total. The van der Waals surface area contributed by atoms with Crippen molar-refractivity contribution in [3.05, 3.63) is 23.8 Å². The molecule has 1 aliphatic heterocycles. The Morgan fingerprint density at radius 3 is 3.07 bits per heavy atom. The summed E-state index contributed by atoms with van der Waals surface area (Å²) in [4.78, 5) is 0. The van der Waals surface area contributed by atoms with Gasteiger partial charge in [-0.15, -0.1) is 0 Å². The highest BCUT2D eigenvalue weighted by Crippen LogP contribution is 2.34. The molecule has 14 heavy (non-hydrogen) atoms. The van der Waals surface area contributed by atoms with E-state index in [9.17, 15) is 9.50 Å². The molecule has 0 radical (unpaired) electrons. The Balaban J connectivity index is 2.43. The monoisotopic (exact) mass is 195 g/mol. The number of aromatic hydroxyl groups is 1. The van der Waals surface area contributed by atoms with Crippen LogP contribution in [0.2, 0.25) is 0 Å². The van der Waals surface area contributed by atoms with Gasteiger partial charge < -0.3 is 10.4 Å². The van der Waals surface area contributed by atoms with Crippen molar-refractivity contribution in [2.45, 2.75) is 25.4 Å². The molecule has 0 bridgehead atoms. The fourth-order valence-corrected chi connectivity index (χ4v) is 1.84. The van der Waals surface area contributed by atoms with Gasteiger partial charge in [-0.3, -0.25) is 0 Å². The summed E-state index contributed by atoms with van der Waals surface area (Å²) in [6, 6.07) is 5.24. The van der Waals surface area contributed by atoms with Gasteiger partial charge in [0.05, 0.1) is 0 Å². The van der Waals surface area contributed by atoms with Gasteiger partial charge in [0.25, 0.3) is 0 Å². The van der Waals surface area contributed by atoms with Crippen LogP contribution in [-0.4, -0.2) is 17.3 Å². The van der Waals surface area contributed by atoms with E-state index in [0.717, 1.165) is 5.69 Å². The first kappa shape index (κ1) is 9.31. The number of fused-ring (bicyclic) bond motifs is 1. The summed E-state index contributed by atoms with van der Waals surface area (Å²) in [5.41, 5.74) is 0.318. The van der Waals surface area contributed by atoms with E-state index >= 15 is 0 Å².